The zero-order valence-electron chi connectivity index (χ0n) is 15.5. The predicted octanol–water partition coefficient (Wildman–Crippen LogP) is 3.36. The third kappa shape index (κ3) is 4.14. The van der Waals surface area contributed by atoms with Crippen molar-refractivity contribution in [2.24, 2.45) is 0 Å². The fourth-order valence-electron chi connectivity index (χ4n) is 3.39. The lowest BCUT2D eigenvalue weighted by atomic mass is 10.2. The number of carbonyl (C=O) groups excluding carboxylic acids is 2. The molecule has 0 radical (unpaired) electrons. The molecule has 3 aromatic rings. The van der Waals surface area contributed by atoms with Crippen LogP contribution in [0.2, 0.25) is 0 Å². The van der Waals surface area contributed by atoms with E-state index >= 15 is 0 Å². The highest BCUT2D eigenvalue weighted by Crippen LogP contribution is 2.29. The van der Waals surface area contributed by atoms with Crippen LogP contribution in [0, 0.1) is 0 Å². The van der Waals surface area contributed by atoms with Gasteiger partial charge in [-0.25, -0.2) is 0 Å². The molecule has 2 amide bonds. The van der Waals surface area contributed by atoms with Crippen LogP contribution in [0.1, 0.15) is 12.8 Å². The van der Waals surface area contributed by atoms with Gasteiger partial charge in [-0.2, -0.15) is 4.37 Å². The maximum atomic E-state index is 12.5. The molecule has 1 aromatic heterocycles. The van der Waals surface area contributed by atoms with Gasteiger partial charge < -0.3 is 15.1 Å². The molecule has 4 rings (SSSR count). The third-order valence-electron chi connectivity index (χ3n) is 4.91. The van der Waals surface area contributed by atoms with E-state index < -0.39 is 0 Å². The van der Waals surface area contributed by atoms with Gasteiger partial charge in [0.2, 0.25) is 11.8 Å². The summed E-state index contributed by atoms with van der Waals surface area (Å²) in [6, 6.07) is 17.5. The third-order valence-corrected chi connectivity index (χ3v) is 5.73. The molecule has 0 spiro atoms. The maximum absolute atomic E-state index is 12.5. The zero-order valence-corrected chi connectivity index (χ0v) is 16.3. The minimum atomic E-state index is -0.132. The first kappa shape index (κ1) is 18.4. The summed E-state index contributed by atoms with van der Waals surface area (Å²) in [6.45, 7) is 2.83. The van der Waals surface area contributed by atoms with Gasteiger partial charge in [-0.15, -0.1) is 0 Å². The molecule has 1 aliphatic rings. The van der Waals surface area contributed by atoms with E-state index in [1.54, 1.807) is 0 Å². The van der Waals surface area contributed by atoms with Crippen molar-refractivity contribution in [3.8, 4) is 0 Å². The van der Waals surface area contributed by atoms with Gasteiger partial charge in [-0.3, -0.25) is 9.59 Å². The average molecular weight is 395 g/mol. The van der Waals surface area contributed by atoms with Crippen LogP contribution in [0.25, 0.3) is 10.1 Å². The largest absolute Gasteiger partial charge is 0.352 e. The van der Waals surface area contributed by atoms with Crippen molar-refractivity contribution in [2.75, 3.05) is 36.4 Å². The van der Waals surface area contributed by atoms with Crippen LogP contribution >= 0.6 is 11.5 Å². The summed E-state index contributed by atoms with van der Waals surface area (Å²) in [6.07, 6.45) is 0.433. The molecule has 6 nitrogen and oxygen atoms in total. The molecular formula is C21H22N4O2S. The molecule has 2 aromatic carbocycles. The SMILES string of the molecule is O=C(CCC(=O)N1CCN(c2nsc3ccccc23)CC1)Nc1ccccc1. The molecule has 0 unspecified atom stereocenters. The molecular weight excluding hydrogens is 372 g/mol. The van der Waals surface area contributed by atoms with Crippen LogP contribution in [0.3, 0.4) is 0 Å². The van der Waals surface area contributed by atoms with Crippen LogP contribution in [0.4, 0.5) is 11.5 Å². The van der Waals surface area contributed by atoms with Gasteiger partial charge in [0.15, 0.2) is 0 Å². The van der Waals surface area contributed by atoms with E-state index in [0.717, 1.165) is 24.6 Å². The fourth-order valence-corrected chi connectivity index (χ4v) is 4.19. The molecule has 1 saturated heterocycles. The molecule has 0 bridgehead atoms. The number of aromatic nitrogens is 1. The molecule has 1 fully saturated rings. The monoisotopic (exact) mass is 394 g/mol. The Morgan fingerprint density at radius 1 is 0.929 bits per heavy atom. The average Bonchev–Trinajstić information content (AvgIpc) is 3.17. The normalized spacial score (nSPS) is 14.3. The van der Waals surface area contributed by atoms with E-state index in [-0.39, 0.29) is 24.7 Å². The molecule has 0 atom stereocenters. The maximum Gasteiger partial charge on any atom is 0.224 e. The standard InChI is InChI=1S/C21H22N4O2S/c26-19(22-16-6-2-1-3-7-16)10-11-20(27)24-12-14-25(15-13-24)21-17-8-4-5-9-18(17)28-23-21/h1-9H,10-15H2,(H,22,26). The lowest BCUT2D eigenvalue weighted by molar-refractivity contribution is -0.133. The number of nitrogens with one attached hydrogen (secondary N) is 1. The van der Waals surface area contributed by atoms with E-state index in [0.29, 0.717) is 13.1 Å². The molecule has 2 heterocycles. The van der Waals surface area contributed by atoms with E-state index in [1.165, 1.54) is 21.6 Å². The van der Waals surface area contributed by atoms with Gasteiger partial charge in [0.25, 0.3) is 0 Å². The van der Waals surface area contributed by atoms with Crippen molar-refractivity contribution >= 4 is 44.9 Å². The van der Waals surface area contributed by atoms with Gasteiger partial charge in [-0.05, 0) is 35.8 Å². The van der Waals surface area contributed by atoms with Crippen LogP contribution in [0.15, 0.2) is 54.6 Å². The fraction of sp³-hybridized carbons (Fsp3) is 0.286. The number of amides is 2. The zero-order chi connectivity index (χ0) is 19.3. The number of fused-ring (bicyclic) bond motifs is 1. The summed E-state index contributed by atoms with van der Waals surface area (Å²) < 4.78 is 5.78. The summed E-state index contributed by atoms with van der Waals surface area (Å²) in [5.41, 5.74) is 0.754. The van der Waals surface area contributed by atoms with Crippen LogP contribution in [-0.2, 0) is 9.59 Å². The number of hydrogen-bond acceptors (Lipinski definition) is 5. The second-order valence-electron chi connectivity index (χ2n) is 6.78. The second-order valence-corrected chi connectivity index (χ2v) is 7.59. The first-order chi connectivity index (χ1) is 13.7. The predicted molar refractivity (Wildman–Crippen MR) is 113 cm³/mol. The number of para-hydroxylation sites is 1. The highest BCUT2D eigenvalue weighted by atomic mass is 32.1. The Hall–Kier alpha value is -2.93. The Balaban J connectivity index is 1.26. The lowest BCUT2D eigenvalue weighted by Gasteiger charge is -2.35. The molecule has 1 aliphatic heterocycles. The summed E-state index contributed by atoms with van der Waals surface area (Å²) in [5, 5.41) is 3.99. The molecule has 7 heteroatoms. The highest BCUT2D eigenvalue weighted by molar-refractivity contribution is 7.13. The number of benzene rings is 2. The van der Waals surface area contributed by atoms with E-state index in [9.17, 15) is 9.59 Å². The Morgan fingerprint density at radius 2 is 1.64 bits per heavy atom. The molecule has 0 aliphatic carbocycles. The van der Waals surface area contributed by atoms with E-state index in [2.05, 4.69) is 26.7 Å². The summed E-state index contributed by atoms with van der Waals surface area (Å²) in [7, 11) is 0. The van der Waals surface area contributed by atoms with Crippen molar-refractivity contribution < 1.29 is 9.59 Å². The number of anilines is 2. The van der Waals surface area contributed by atoms with Crippen LogP contribution in [-0.4, -0.2) is 47.3 Å². The van der Waals surface area contributed by atoms with Crippen molar-refractivity contribution in [2.45, 2.75) is 12.8 Å². The van der Waals surface area contributed by atoms with Crippen molar-refractivity contribution in [1.82, 2.24) is 9.27 Å². The first-order valence-electron chi connectivity index (χ1n) is 9.43. The van der Waals surface area contributed by atoms with Gasteiger partial charge in [0.05, 0.1) is 4.70 Å². The molecule has 0 saturated carbocycles. The minimum Gasteiger partial charge on any atom is -0.352 e. The molecule has 28 heavy (non-hydrogen) atoms. The Labute approximate surface area is 167 Å². The highest BCUT2D eigenvalue weighted by Gasteiger charge is 2.23. The number of nitrogens with zero attached hydrogens (tertiary/aromatic N) is 3. The van der Waals surface area contributed by atoms with E-state index in [1.807, 2.05) is 47.4 Å². The van der Waals surface area contributed by atoms with Gasteiger partial charge in [0, 0.05) is 50.1 Å². The Kier molecular flexibility index (Phi) is 5.53. The minimum absolute atomic E-state index is 0.0333. The number of rotatable bonds is 5. The smallest absolute Gasteiger partial charge is 0.224 e. The second kappa shape index (κ2) is 8.39. The molecule has 144 valence electrons. The quantitative estimate of drug-likeness (QED) is 0.721. The van der Waals surface area contributed by atoms with Crippen molar-refractivity contribution in [1.29, 1.82) is 0 Å². The van der Waals surface area contributed by atoms with Crippen molar-refractivity contribution in [3.05, 3.63) is 54.6 Å². The van der Waals surface area contributed by atoms with E-state index in [4.69, 9.17) is 0 Å². The first-order valence-corrected chi connectivity index (χ1v) is 10.2. The number of carbonyl (C=O) groups is 2. The van der Waals surface area contributed by atoms with Gasteiger partial charge in [-0.1, -0.05) is 30.3 Å². The Morgan fingerprint density at radius 3 is 2.43 bits per heavy atom. The van der Waals surface area contributed by atoms with Gasteiger partial charge >= 0.3 is 0 Å². The topological polar surface area (TPSA) is 65.5 Å². The Bertz CT molecular complexity index is 965. The summed E-state index contributed by atoms with van der Waals surface area (Å²) >= 11 is 1.51. The summed E-state index contributed by atoms with van der Waals surface area (Å²) in [5.74, 6) is 0.910. The lowest BCUT2D eigenvalue weighted by Crippen LogP contribution is -2.49. The number of piperazine rings is 1. The van der Waals surface area contributed by atoms with Crippen LogP contribution < -0.4 is 10.2 Å². The van der Waals surface area contributed by atoms with Crippen molar-refractivity contribution in [3.63, 3.8) is 0 Å². The summed E-state index contributed by atoms with van der Waals surface area (Å²) in [4.78, 5) is 28.6. The van der Waals surface area contributed by atoms with Crippen LogP contribution in [0.5, 0.6) is 0 Å². The molecule has 1 N–H and O–H groups in total. The van der Waals surface area contributed by atoms with Gasteiger partial charge in [0.1, 0.15) is 5.82 Å². The number of hydrogen-bond donors (Lipinski definition) is 1.